The molecule has 21 heavy (non-hydrogen) atoms. The summed E-state index contributed by atoms with van der Waals surface area (Å²) >= 11 is 0. The molecule has 1 N–H and O–H groups in total. The Morgan fingerprint density at radius 1 is 1.19 bits per heavy atom. The van der Waals surface area contributed by atoms with Crippen LogP contribution in [-0.4, -0.2) is 32.5 Å². The molecular weight excluding hydrogens is 296 g/mol. The number of hydrogen-bond acceptors (Lipinski definition) is 3. The minimum Gasteiger partial charge on any atom is -0.314 e. The highest BCUT2D eigenvalue weighted by atomic mass is 32.2. The van der Waals surface area contributed by atoms with Gasteiger partial charge in [0.05, 0.1) is 5.75 Å². The van der Waals surface area contributed by atoms with E-state index in [9.17, 15) is 17.2 Å². The number of halogens is 2. The number of rotatable bonds is 9. The molecular formula is C15H23F2NO2S. The smallest absolute Gasteiger partial charge is 0.159 e. The SMILES string of the molecule is CCNC(CCCS(=O)(=O)CC)Cc1ccc(F)c(F)c1. The highest BCUT2D eigenvalue weighted by molar-refractivity contribution is 7.91. The monoisotopic (exact) mass is 319 g/mol. The van der Waals surface area contributed by atoms with E-state index in [4.69, 9.17) is 0 Å². The minimum atomic E-state index is -2.95. The standard InChI is InChI=1S/C15H23F2NO2S/c1-3-18-13(6-5-9-21(19,20)4-2)10-12-7-8-14(16)15(17)11-12/h7-8,11,13,18H,3-6,9-10H2,1-2H3. The zero-order chi connectivity index (χ0) is 15.9. The molecule has 0 aliphatic heterocycles. The zero-order valence-electron chi connectivity index (χ0n) is 12.5. The molecule has 1 unspecified atom stereocenters. The van der Waals surface area contributed by atoms with Crippen LogP contribution in [0.25, 0.3) is 0 Å². The summed E-state index contributed by atoms with van der Waals surface area (Å²) in [5.41, 5.74) is 0.707. The molecule has 120 valence electrons. The first kappa shape index (κ1) is 18.0. The third kappa shape index (κ3) is 6.52. The maximum atomic E-state index is 13.2. The van der Waals surface area contributed by atoms with Gasteiger partial charge in [-0.15, -0.1) is 0 Å². The van der Waals surface area contributed by atoms with Crippen molar-refractivity contribution in [3.63, 3.8) is 0 Å². The maximum Gasteiger partial charge on any atom is 0.159 e. The van der Waals surface area contributed by atoms with Crippen LogP contribution in [0.15, 0.2) is 18.2 Å². The molecule has 0 spiro atoms. The number of nitrogens with one attached hydrogen (secondary N) is 1. The Bertz CT molecular complexity index is 547. The van der Waals surface area contributed by atoms with Crippen LogP contribution in [-0.2, 0) is 16.3 Å². The van der Waals surface area contributed by atoms with E-state index in [0.717, 1.165) is 12.6 Å². The van der Waals surface area contributed by atoms with E-state index < -0.39 is 21.5 Å². The highest BCUT2D eigenvalue weighted by Crippen LogP contribution is 2.13. The summed E-state index contributed by atoms with van der Waals surface area (Å²) in [7, 11) is -2.95. The van der Waals surface area contributed by atoms with Crippen molar-refractivity contribution in [2.45, 2.75) is 39.2 Å². The second-order valence-corrected chi connectivity index (χ2v) is 7.56. The lowest BCUT2D eigenvalue weighted by Crippen LogP contribution is -2.31. The largest absolute Gasteiger partial charge is 0.314 e. The highest BCUT2D eigenvalue weighted by Gasteiger charge is 2.13. The summed E-state index contributed by atoms with van der Waals surface area (Å²) in [4.78, 5) is 0. The van der Waals surface area contributed by atoms with Crippen LogP contribution in [0.1, 0.15) is 32.3 Å². The molecule has 1 atom stereocenters. The molecule has 0 radical (unpaired) electrons. The Balaban J connectivity index is 2.58. The van der Waals surface area contributed by atoms with Gasteiger partial charge in [-0.05, 0) is 43.5 Å². The summed E-state index contributed by atoms with van der Waals surface area (Å²) in [5.74, 6) is -1.38. The average Bonchev–Trinajstić information content (AvgIpc) is 2.43. The molecule has 0 fully saturated rings. The lowest BCUT2D eigenvalue weighted by atomic mass is 10.0. The lowest BCUT2D eigenvalue weighted by Gasteiger charge is -2.18. The van der Waals surface area contributed by atoms with Crippen molar-refractivity contribution in [2.24, 2.45) is 0 Å². The maximum absolute atomic E-state index is 13.2. The van der Waals surface area contributed by atoms with E-state index in [2.05, 4.69) is 5.32 Å². The summed E-state index contributed by atoms with van der Waals surface area (Å²) < 4.78 is 49.0. The molecule has 0 aliphatic rings. The molecule has 3 nitrogen and oxygen atoms in total. The molecule has 0 saturated carbocycles. The second kappa shape index (κ2) is 8.44. The third-order valence-electron chi connectivity index (χ3n) is 3.41. The Morgan fingerprint density at radius 2 is 1.90 bits per heavy atom. The van der Waals surface area contributed by atoms with Gasteiger partial charge in [0.15, 0.2) is 11.6 Å². The minimum absolute atomic E-state index is 0.0620. The lowest BCUT2D eigenvalue weighted by molar-refractivity contribution is 0.478. The van der Waals surface area contributed by atoms with E-state index in [1.165, 1.54) is 6.07 Å². The molecule has 0 heterocycles. The van der Waals surface area contributed by atoms with Crippen molar-refractivity contribution in [2.75, 3.05) is 18.1 Å². The fourth-order valence-corrected chi connectivity index (χ4v) is 3.11. The molecule has 6 heteroatoms. The van der Waals surface area contributed by atoms with Gasteiger partial charge in [-0.1, -0.05) is 19.9 Å². The molecule has 1 aromatic rings. The first-order chi connectivity index (χ1) is 9.88. The summed E-state index contributed by atoms with van der Waals surface area (Å²) in [6, 6.07) is 3.94. The number of hydrogen-bond donors (Lipinski definition) is 1. The van der Waals surface area contributed by atoms with Crippen LogP contribution < -0.4 is 5.32 Å². The molecule has 1 rings (SSSR count). The summed E-state index contributed by atoms with van der Waals surface area (Å²) in [6.45, 7) is 4.34. The van der Waals surface area contributed by atoms with Crippen LogP contribution in [0.3, 0.4) is 0 Å². The number of likely N-dealkylation sites (N-methyl/N-ethyl adjacent to an activating group) is 1. The van der Waals surface area contributed by atoms with Gasteiger partial charge in [0.25, 0.3) is 0 Å². The van der Waals surface area contributed by atoms with Gasteiger partial charge in [0, 0.05) is 11.8 Å². The van der Waals surface area contributed by atoms with E-state index in [1.807, 2.05) is 6.92 Å². The number of benzene rings is 1. The van der Waals surface area contributed by atoms with Crippen molar-refractivity contribution in [1.29, 1.82) is 0 Å². The van der Waals surface area contributed by atoms with Crippen molar-refractivity contribution in [1.82, 2.24) is 5.32 Å². The summed E-state index contributed by atoms with van der Waals surface area (Å²) in [6.07, 6.45) is 1.81. The Labute approximate surface area is 125 Å². The quantitative estimate of drug-likeness (QED) is 0.761. The third-order valence-corrected chi connectivity index (χ3v) is 5.20. The fraction of sp³-hybridized carbons (Fsp3) is 0.600. The van der Waals surface area contributed by atoms with Crippen molar-refractivity contribution < 1.29 is 17.2 Å². The Hall–Kier alpha value is -1.01. The zero-order valence-corrected chi connectivity index (χ0v) is 13.3. The van der Waals surface area contributed by atoms with Gasteiger partial charge in [-0.3, -0.25) is 0 Å². The van der Waals surface area contributed by atoms with Gasteiger partial charge in [0.2, 0.25) is 0 Å². The second-order valence-electron chi connectivity index (χ2n) is 5.09. The van der Waals surface area contributed by atoms with Crippen LogP contribution in [0.4, 0.5) is 8.78 Å². The first-order valence-electron chi connectivity index (χ1n) is 7.25. The van der Waals surface area contributed by atoms with Gasteiger partial charge in [-0.2, -0.15) is 0 Å². The van der Waals surface area contributed by atoms with E-state index >= 15 is 0 Å². The fourth-order valence-electron chi connectivity index (χ4n) is 2.21. The molecule has 0 bridgehead atoms. The first-order valence-corrected chi connectivity index (χ1v) is 9.07. The van der Waals surface area contributed by atoms with Gasteiger partial charge < -0.3 is 5.32 Å². The molecule has 0 saturated heterocycles. The Kier molecular flexibility index (Phi) is 7.25. The predicted octanol–water partition coefficient (Wildman–Crippen LogP) is 2.70. The summed E-state index contributed by atoms with van der Waals surface area (Å²) in [5, 5.41) is 3.26. The van der Waals surface area contributed by atoms with Crippen LogP contribution >= 0.6 is 0 Å². The molecule has 0 amide bonds. The van der Waals surface area contributed by atoms with Gasteiger partial charge >= 0.3 is 0 Å². The van der Waals surface area contributed by atoms with Crippen molar-refractivity contribution in [3.8, 4) is 0 Å². The van der Waals surface area contributed by atoms with Crippen LogP contribution in [0, 0.1) is 11.6 Å². The normalized spacial score (nSPS) is 13.3. The van der Waals surface area contributed by atoms with Gasteiger partial charge in [0.1, 0.15) is 9.84 Å². The molecule has 1 aromatic carbocycles. The van der Waals surface area contributed by atoms with Crippen LogP contribution in [0.5, 0.6) is 0 Å². The predicted molar refractivity (Wildman–Crippen MR) is 81.1 cm³/mol. The van der Waals surface area contributed by atoms with E-state index in [1.54, 1.807) is 13.0 Å². The molecule has 0 aromatic heterocycles. The van der Waals surface area contributed by atoms with Crippen LogP contribution in [0.2, 0.25) is 0 Å². The Morgan fingerprint density at radius 3 is 2.48 bits per heavy atom. The van der Waals surface area contributed by atoms with E-state index in [-0.39, 0.29) is 17.5 Å². The van der Waals surface area contributed by atoms with E-state index in [0.29, 0.717) is 24.8 Å². The van der Waals surface area contributed by atoms with Gasteiger partial charge in [-0.25, -0.2) is 17.2 Å². The van der Waals surface area contributed by atoms with Crippen molar-refractivity contribution in [3.05, 3.63) is 35.4 Å². The topological polar surface area (TPSA) is 46.2 Å². The average molecular weight is 319 g/mol. The molecule has 0 aliphatic carbocycles. The number of sulfone groups is 1. The van der Waals surface area contributed by atoms with Crippen molar-refractivity contribution >= 4 is 9.84 Å².